The zero-order valence-electron chi connectivity index (χ0n) is 23.5. The van der Waals surface area contributed by atoms with Crippen molar-refractivity contribution in [2.75, 3.05) is 17.3 Å². The molecule has 0 aliphatic rings. The Hall–Kier alpha value is -5.45. The second kappa shape index (κ2) is 15.5. The van der Waals surface area contributed by atoms with E-state index in [0.717, 1.165) is 0 Å². The van der Waals surface area contributed by atoms with Crippen LogP contribution < -0.4 is 31.4 Å². The lowest BCUT2D eigenvalue weighted by Crippen LogP contribution is -2.37. The third-order valence-electron chi connectivity index (χ3n) is 5.34. The van der Waals surface area contributed by atoms with Crippen molar-refractivity contribution in [3.8, 4) is 17.6 Å². The number of rotatable bonds is 11. The number of nitrogens with zero attached hydrogens (tertiary/aromatic N) is 1. The summed E-state index contributed by atoms with van der Waals surface area (Å²) in [5.74, 6) is -2.08. The number of ether oxygens (including phenoxy) is 2. The van der Waals surface area contributed by atoms with Gasteiger partial charge in [0.25, 0.3) is 5.91 Å². The molecule has 0 heterocycles. The Labute approximate surface area is 245 Å². The highest BCUT2D eigenvalue weighted by molar-refractivity contribution is 5.95. The highest BCUT2D eigenvalue weighted by Gasteiger charge is 2.38. The summed E-state index contributed by atoms with van der Waals surface area (Å²) in [5.41, 5.74) is 13.8. The molecular weight excluding hydrogens is 569 g/mol. The van der Waals surface area contributed by atoms with Crippen molar-refractivity contribution in [2.45, 2.75) is 39.1 Å². The van der Waals surface area contributed by atoms with Crippen LogP contribution in [-0.4, -0.2) is 41.7 Å². The largest absolute Gasteiger partial charge is 0.490 e. The second-order valence-electron chi connectivity index (χ2n) is 8.95. The summed E-state index contributed by atoms with van der Waals surface area (Å²) in [7, 11) is 0. The number of amidine groups is 1. The molecule has 7 N–H and O–H groups in total. The van der Waals surface area contributed by atoms with Crippen molar-refractivity contribution < 1.29 is 37.3 Å². The van der Waals surface area contributed by atoms with Crippen LogP contribution in [0.2, 0.25) is 0 Å². The smallest absolute Gasteiger partial charge is 0.490 e. The van der Waals surface area contributed by atoms with Crippen molar-refractivity contribution in [1.82, 2.24) is 5.43 Å². The number of alkyl halides is 3. The lowest BCUT2D eigenvalue weighted by atomic mass is 10.0. The van der Waals surface area contributed by atoms with Gasteiger partial charge in [-0.15, -0.1) is 0 Å². The molecular formula is C29H31F3N6O5. The zero-order chi connectivity index (χ0) is 32.2. The number of carbonyl (C=O) groups is 2. The van der Waals surface area contributed by atoms with Crippen LogP contribution in [0.5, 0.6) is 11.5 Å². The van der Waals surface area contributed by atoms with Gasteiger partial charge in [0.15, 0.2) is 11.5 Å². The van der Waals surface area contributed by atoms with Gasteiger partial charge in [0.05, 0.1) is 24.0 Å². The molecule has 0 fully saturated rings. The third-order valence-corrected chi connectivity index (χ3v) is 5.34. The Morgan fingerprint density at radius 2 is 1.70 bits per heavy atom. The summed E-state index contributed by atoms with van der Waals surface area (Å²) in [4.78, 5) is 22.3. The molecule has 3 rings (SSSR count). The number of hydrazine groups is 1. The van der Waals surface area contributed by atoms with Gasteiger partial charge in [0.2, 0.25) is 0 Å². The molecule has 14 heteroatoms. The van der Waals surface area contributed by atoms with Crippen molar-refractivity contribution >= 4 is 29.1 Å². The van der Waals surface area contributed by atoms with Gasteiger partial charge in [-0.05, 0) is 74.9 Å². The molecule has 43 heavy (non-hydrogen) atoms. The first-order chi connectivity index (χ1) is 20.3. The Balaban J connectivity index is 0.000000821. The molecule has 3 aromatic carbocycles. The van der Waals surface area contributed by atoms with Crippen molar-refractivity contribution in [1.29, 1.82) is 10.7 Å². The molecule has 1 amide bonds. The lowest BCUT2D eigenvalue weighted by Gasteiger charge is -2.23. The van der Waals surface area contributed by atoms with E-state index in [2.05, 4.69) is 22.2 Å². The van der Waals surface area contributed by atoms with E-state index >= 15 is 0 Å². The molecule has 1 atom stereocenters. The zero-order valence-corrected chi connectivity index (χ0v) is 23.5. The van der Waals surface area contributed by atoms with E-state index < -0.39 is 24.1 Å². The SMILES string of the molecule is CCOc1cc(C(Nc2ccc(C(=N)N)cc2)C(=O)NNc2ccccc2C#N)ccc1OC(C)C.O=C(O)C(F)(F)F. The predicted molar refractivity (Wildman–Crippen MR) is 154 cm³/mol. The summed E-state index contributed by atoms with van der Waals surface area (Å²) < 4.78 is 43.4. The number of aliphatic carboxylic acids is 1. The maximum Gasteiger partial charge on any atom is 0.490 e. The molecule has 0 bridgehead atoms. The number of benzene rings is 3. The third kappa shape index (κ3) is 10.5. The number of nitrogens with two attached hydrogens (primary N) is 1. The number of halogens is 3. The van der Waals surface area contributed by atoms with Crippen LogP contribution in [0.3, 0.4) is 0 Å². The Bertz CT molecular complexity index is 1460. The molecule has 0 aliphatic carbocycles. The minimum absolute atomic E-state index is 0.0432. The first-order valence-electron chi connectivity index (χ1n) is 12.8. The summed E-state index contributed by atoms with van der Waals surface area (Å²) in [6.45, 7) is 6.16. The van der Waals surface area contributed by atoms with Crippen LogP contribution in [0.25, 0.3) is 0 Å². The fraction of sp³-hybridized carbons (Fsp3) is 0.241. The van der Waals surface area contributed by atoms with E-state index in [4.69, 9.17) is 30.5 Å². The number of para-hydroxylation sites is 1. The van der Waals surface area contributed by atoms with Crippen LogP contribution in [0.15, 0.2) is 66.7 Å². The van der Waals surface area contributed by atoms with Gasteiger partial charge >= 0.3 is 12.1 Å². The van der Waals surface area contributed by atoms with E-state index in [0.29, 0.717) is 46.2 Å². The first kappa shape index (κ1) is 33.8. The van der Waals surface area contributed by atoms with Crippen molar-refractivity contribution in [3.63, 3.8) is 0 Å². The van der Waals surface area contributed by atoms with Crippen LogP contribution in [0.4, 0.5) is 24.5 Å². The predicted octanol–water partition coefficient (Wildman–Crippen LogP) is 4.96. The quantitative estimate of drug-likeness (QED) is 0.101. The summed E-state index contributed by atoms with van der Waals surface area (Å²) in [6, 6.07) is 20.4. The van der Waals surface area contributed by atoms with Gasteiger partial charge in [-0.3, -0.25) is 21.1 Å². The van der Waals surface area contributed by atoms with E-state index in [-0.39, 0.29) is 11.9 Å². The molecule has 228 valence electrons. The van der Waals surface area contributed by atoms with Crippen LogP contribution in [0, 0.1) is 16.7 Å². The average molecular weight is 601 g/mol. The van der Waals surface area contributed by atoms with E-state index in [9.17, 15) is 23.2 Å². The van der Waals surface area contributed by atoms with E-state index in [1.54, 1.807) is 66.7 Å². The van der Waals surface area contributed by atoms with Crippen LogP contribution in [-0.2, 0) is 9.59 Å². The number of carboxylic acids is 1. The molecule has 0 saturated heterocycles. The molecule has 0 aliphatic heterocycles. The number of amides is 1. The van der Waals surface area contributed by atoms with Gasteiger partial charge in [-0.1, -0.05) is 18.2 Å². The average Bonchev–Trinajstić information content (AvgIpc) is 2.95. The van der Waals surface area contributed by atoms with Gasteiger partial charge in [-0.25, -0.2) is 4.79 Å². The standard InChI is InChI=1S/C27H30N6O3.C2HF3O2/c1-4-35-24-15-19(11-14-23(24)36-17(2)3)25(31-21-12-9-18(10-13-21)26(29)30)27(34)33-32-22-8-6-5-7-20(22)16-28;3-2(4,5)1(6)7/h5-15,17,25,31-32H,4H2,1-3H3,(H3,29,30)(H,33,34);(H,6,7). The van der Waals surface area contributed by atoms with Crippen LogP contribution in [0.1, 0.15) is 43.5 Å². The maximum absolute atomic E-state index is 13.4. The minimum atomic E-state index is -5.08. The lowest BCUT2D eigenvalue weighted by molar-refractivity contribution is -0.192. The van der Waals surface area contributed by atoms with Gasteiger partial charge < -0.3 is 25.6 Å². The highest BCUT2D eigenvalue weighted by Crippen LogP contribution is 2.33. The van der Waals surface area contributed by atoms with Gasteiger partial charge in [0, 0.05) is 11.3 Å². The monoisotopic (exact) mass is 600 g/mol. The molecule has 0 spiro atoms. The second-order valence-corrected chi connectivity index (χ2v) is 8.95. The molecule has 1 unspecified atom stereocenters. The molecule has 11 nitrogen and oxygen atoms in total. The minimum Gasteiger partial charge on any atom is -0.490 e. The topological polar surface area (TPSA) is 183 Å². The van der Waals surface area contributed by atoms with Crippen molar-refractivity contribution in [3.05, 3.63) is 83.4 Å². The molecule has 0 saturated carbocycles. The van der Waals surface area contributed by atoms with Gasteiger partial charge in [-0.2, -0.15) is 18.4 Å². The number of hydrogen-bond donors (Lipinski definition) is 6. The normalized spacial score (nSPS) is 11.2. The number of hydrogen-bond acceptors (Lipinski definition) is 8. The molecule has 0 radical (unpaired) electrons. The molecule has 0 aromatic heterocycles. The Morgan fingerprint density at radius 1 is 1.07 bits per heavy atom. The number of carbonyl (C=O) groups excluding carboxylic acids is 1. The fourth-order valence-electron chi connectivity index (χ4n) is 3.43. The first-order valence-corrected chi connectivity index (χ1v) is 12.8. The highest BCUT2D eigenvalue weighted by atomic mass is 19.4. The summed E-state index contributed by atoms with van der Waals surface area (Å²) in [6.07, 6.45) is -5.13. The van der Waals surface area contributed by atoms with E-state index in [1.807, 2.05) is 20.8 Å². The van der Waals surface area contributed by atoms with Crippen molar-refractivity contribution in [2.24, 2.45) is 5.73 Å². The Kier molecular flexibility index (Phi) is 12.2. The summed E-state index contributed by atoms with van der Waals surface area (Å²) >= 11 is 0. The van der Waals surface area contributed by atoms with Crippen LogP contribution >= 0.6 is 0 Å². The van der Waals surface area contributed by atoms with E-state index in [1.165, 1.54) is 0 Å². The molecule has 3 aromatic rings. The Morgan fingerprint density at radius 3 is 2.23 bits per heavy atom. The number of nitriles is 1. The summed E-state index contributed by atoms with van der Waals surface area (Å²) in [5, 5.41) is 27.3. The number of nitrogen functional groups attached to an aromatic ring is 1. The van der Waals surface area contributed by atoms with Gasteiger partial charge in [0.1, 0.15) is 17.9 Å². The maximum atomic E-state index is 13.4. The number of nitrogens with one attached hydrogen (secondary N) is 4. The number of anilines is 2. The fourth-order valence-corrected chi connectivity index (χ4v) is 3.43. The number of carboxylic acid groups (broad SMARTS) is 1.